The summed E-state index contributed by atoms with van der Waals surface area (Å²) in [6.07, 6.45) is 0. The van der Waals surface area contributed by atoms with Crippen molar-refractivity contribution in [2.75, 3.05) is 6.61 Å². The summed E-state index contributed by atoms with van der Waals surface area (Å²) in [4.78, 5) is 0. The number of halogens is 4. The van der Waals surface area contributed by atoms with Crippen LogP contribution in [0.2, 0.25) is 0 Å². The van der Waals surface area contributed by atoms with Gasteiger partial charge in [-0.05, 0) is 6.92 Å². The lowest BCUT2D eigenvalue weighted by molar-refractivity contribution is -0.0523. The number of rotatable bonds is 4. The molecule has 0 aliphatic heterocycles. The number of benzene rings is 1. The Kier molecular flexibility index (Phi) is 3.76. The molecule has 0 aliphatic carbocycles. The second-order valence-corrected chi connectivity index (χ2v) is 2.52. The molecule has 0 saturated carbocycles. The van der Waals surface area contributed by atoms with Crippen molar-refractivity contribution in [3.8, 4) is 11.5 Å². The van der Waals surface area contributed by atoms with Crippen molar-refractivity contribution < 1.29 is 27.0 Å². The maximum Gasteiger partial charge on any atom is 0.387 e. The summed E-state index contributed by atoms with van der Waals surface area (Å²) in [6, 6.07) is 1.18. The van der Waals surface area contributed by atoms with Crippen LogP contribution >= 0.6 is 0 Å². The Balaban J connectivity index is 3.00. The first-order valence-electron chi connectivity index (χ1n) is 4.11. The highest BCUT2D eigenvalue weighted by molar-refractivity contribution is 5.35. The van der Waals surface area contributed by atoms with E-state index >= 15 is 0 Å². The van der Waals surface area contributed by atoms with Gasteiger partial charge in [0, 0.05) is 12.1 Å². The molecule has 6 heteroatoms. The highest BCUT2D eigenvalue weighted by Gasteiger charge is 2.15. The van der Waals surface area contributed by atoms with E-state index in [9.17, 15) is 17.6 Å². The summed E-state index contributed by atoms with van der Waals surface area (Å²) in [7, 11) is 0. The minimum atomic E-state index is -3.17. The van der Waals surface area contributed by atoms with E-state index in [-0.39, 0.29) is 12.4 Å². The minimum Gasteiger partial charge on any atom is -0.491 e. The molecule has 84 valence electrons. The molecule has 1 aromatic carbocycles. The lowest BCUT2D eigenvalue weighted by Crippen LogP contribution is -2.05. The number of hydrogen-bond acceptors (Lipinski definition) is 2. The van der Waals surface area contributed by atoms with Gasteiger partial charge in [0.1, 0.15) is 0 Å². The Morgan fingerprint density at radius 1 is 1.13 bits per heavy atom. The van der Waals surface area contributed by atoms with Crippen molar-refractivity contribution in [2.24, 2.45) is 0 Å². The molecule has 2 nitrogen and oxygen atoms in total. The molecule has 1 rings (SSSR count). The maximum atomic E-state index is 12.9. The molecule has 0 radical (unpaired) electrons. The normalized spacial score (nSPS) is 10.5. The van der Waals surface area contributed by atoms with Crippen LogP contribution in [0.4, 0.5) is 17.6 Å². The van der Waals surface area contributed by atoms with Gasteiger partial charge in [-0.3, -0.25) is 0 Å². The fraction of sp³-hybridized carbons (Fsp3) is 0.333. The minimum absolute atomic E-state index is 0.136. The van der Waals surface area contributed by atoms with Crippen LogP contribution in [0.1, 0.15) is 6.92 Å². The first kappa shape index (κ1) is 11.6. The van der Waals surface area contributed by atoms with Crippen molar-refractivity contribution in [1.82, 2.24) is 0 Å². The first-order chi connectivity index (χ1) is 7.04. The van der Waals surface area contributed by atoms with Gasteiger partial charge in [0.15, 0.2) is 23.1 Å². The van der Waals surface area contributed by atoms with E-state index in [0.717, 1.165) is 6.07 Å². The molecule has 0 saturated heterocycles. The molecule has 0 N–H and O–H groups in total. The third kappa shape index (κ3) is 3.00. The van der Waals surface area contributed by atoms with E-state index < -0.39 is 24.0 Å². The zero-order valence-corrected chi connectivity index (χ0v) is 7.77. The van der Waals surface area contributed by atoms with Gasteiger partial charge in [0.25, 0.3) is 0 Å². The van der Waals surface area contributed by atoms with Gasteiger partial charge in [-0.15, -0.1) is 0 Å². The molecule has 0 unspecified atom stereocenters. The van der Waals surface area contributed by atoms with Crippen LogP contribution in [0.5, 0.6) is 11.5 Å². The van der Waals surface area contributed by atoms with Crippen molar-refractivity contribution in [3.63, 3.8) is 0 Å². The Hall–Kier alpha value is -1.46. The first-order valence-corrected chi connectivity index (χ1v) is 4.11. The van der Waals surface area contributed by atoms with Crippen LogP contribution in [-0.4, -0.2) is 13.2 Å². The van der Waals surface area contributed by atoms with Crippen LogP contribution in [-0.2, 0) is 0 Å². The molecule has 0 spiro atoms. The van der Waals surface area contributed by atoms with Crippen molar-refractivity contribution in [3.05, 3.63) is 23.8 Å². The molecule has 0 bridgehead atoms. The number of ether oxygens (including phenoxy) is 2. The molecule has 1 aromatic rings. The zero-order valence-electron chi connectivity index (χ0n) is 7.77. The van der Waals surface area contributed by atoms with Gasteiger partial charge in [-0.25, -0.2) is 8.78 Å². The smallest absolute Gasteiger partial charge is 0.387 e. The number of hydrogen-bond donors (Lipinski definition) is 0. The van der Waals surface area contributed by atoms with Gasteiger partial charge in [-0.2, -0.15) is 8.78 Å². The fourth-order valence-corrected chi connectivity index (χ4v) is 0.963. The van der Waals surface area contributed by atoms with Gasteiger partial charge in [0.2, 0.25) is 0 Å². The second kappa shape index (κ2) is 4.86. The summed E-state index contributed by atoms with van der Waals surface area (Å²) in [6.45, 7) is -1.45. The average molecular weight is 224 g/mol. The highest BCUT2D eigenvalue weighted by Crippen LogP contribution is 2.28. The Labute approximate surface area is 83.4 Å². The van der Waals surface area contributed by atoms with Crippen LogP contribution in [0.15, 0.2) is 12.1 Å². The van der Waals surface area contributed by atoms with E-state index in [0.29, 0.717) is 6.07 Å². The summed E-state index contributed by atoms with van der Waals surface area (Å²) < 4.78 is 58.0. The third-order valence-electron chi connectivity index (χ3n) is 1.50. The molecular weight excluding hydrogens is 216 g/mol. The fourth-order valence-electron chi connectivity index (χ4n) is 0.963. The lowest BCUT2D eigenvalue weighted by Gasteiger charge is -2.09. The second-order valence-electron chi connectivity index (χ2n) is 2.52. The van der Waals surface area contributed by atoms with Crippen LogP contribution in [0.25, 0.3) is 0 Å². The zero-order chi connectivity index (χ0) is 11.4. The van der Waals surface area contributed by atoms with Crippen molar-refractivity contribution in [1.29, 1.82) is 0 Å². The van der Waals surface area contributed by atoms with E-state index in [1.165, 1.54) is 0 Å². The van der Waals surface area contributed by atoms with Gasteiger partial charge in [-0.1, -0.05) is 0 Å². The van der Waals surface area contributed by atoms with E-state index in [2.05, 4.69) is 4.74 Å². The van der Waals surface area contributed by atoms with E-state index in [4.69, 9.17) is 4.74 Å². The van der Waals surface area contributed by atoms with Crippen LogP contribution in [0.3, 0.4) is 0 Å². The van der Waals surface area contributed by atoms with Crippen molar-refractivity contribution >= 4 is 0 Å². The maximum absolute atomic E-state index is 12.9. The largest absolute Gasteiger partial charge is 0.491 e. The molecular formula is C9H8F4O2. The standard InChI is InChI=1S/C9H8F4O2/c1-2-14-7-4-8(15-9(12)13)6(11)3-5(7)10/h3-4,9H,2H2,1H3. The van der Waals surface area contributed by atoms with Gasteiger partial charge < -0.3 is 9.47 Å². The molecule has 0 amide bonds. The SMILES string of the molecule is CCOc1cc(OC(F)F)c(F)cc1F. The quantitative estimate of drug-likeness (QED) is 0.732. The van der Waals surface area contributed by atoms with Crippen LogP contribution < -0.4 is 9.47 Å². The molecule has 0 aliphatic rings. The summed E-state index contributed by atoms with van der Waals surface area (Å²) >= 11 is 0. The van der Waals surface area contributed by atoms with Crippen molar-refractivity contribution in [2.45, 2.75) is 13.5 Å². The predicted octanol–water partition coefficient (Wildman–Crippen LogP) is 2.96. The summed E-state index contributed by atoms with van der Waals surface area (Å²) in [5, 5.41) is 0. The summed E-state index contributed by atoms with van der Waals surface area (Å²) in [5.74, 6) is -3.23. The molecule has 0 aromatic heterocycles. The molecule has 0 heterocycles. The van der Waals surface area contributed by atoms with E-state index in [1.807, 2.05) is 0 Å². The average Bonchev–Trinajstić information content (AvgIpc) is 2.12. The Bertz CT molecular complexity index is 341. The lowest BCUT2D eigenvalue weighted by atomic mass is 10.3. The van der Waals surface area contributed by atoms with E-state index in [1.54, 1.807) is 6.92 Å². The Morgan fingerprint density at radius 3 is 2.27 bits per heavy atom. The van der Waals surface area contributed by atoms with Crippen LogP contribution in [0, 0.1) is 11.6 Å². The predicted molar refractivity (Wildman–Crippen MR) is 44.2 cm³/mol. The summed E-state index contributed by atoms with van der Waals surface area (Å²) in [5.41, 5.74) is 0. The Morgan fingerprint density at radius 2 is 1.73 bits per heavy atom. The molecule has 0 atom stereocenters. The number of alkyl halides is 2. The third-order valence-corrected chi connectivity index (χ3v) is 1.50. The topological polar surface area (TPSA) is 18.5 Å². The van der Waals surface area contributed by atoms with Gasteiger partial charge in [0.05, 0.1) is 6.61 Å². The molecule has 0 fully saturated rings. The molecule has 15 heavy (non-hydrogen) atoms. The van der Waals surface area contributed by atoms with Gasteiger partial charge >= 0.3 is 6.61 Å². The highest BCUT2D eigenvalue weighted by atomic mass is 19.3. The monoisotopic (exact) mass is 224 g/mol.